The number of hydrogen-bond donors (Lipinski definition) is 2. The lowest BCUT2D eigenvalue weighted by molar-refractivity contribution is -0.117. The van der Waals surface area contributed by atoms with Gasteiger partial charge in [-0.15, -0.1) is 0 Å². The fourth-order valence-corrected chi connectivity index (χ4v) is 3.76. The Morgan fingerprint density at radius 2 is 1.83 bits per heavy atom. The largest absolute Gasteiger partial charge is 0.493 e. The minimum atomic E-state index is -0.526. The van der Waals surface area contributed by atoms with Crippen LogP contribution in [0.2, 0.25) is 0 Å². The number of nitrogens with one attached hydrogen (secondary N) is 2. The Morgan fingerprint density at radius 1 is 1.22 bits per heavy atom. The van der Waals surface area contributed by atoms with Crippen LogP contribution in [0.4, 0.5) is 10.1 Å². The molecule has 23 heavy (non-hydrogen) atoms. The van der Waals surface area contributed by atoms with Crippen molar-refractivity contribution >= 4 is 11.6 Å². The minimum Gasteiger partial charge on any atom is -0.493 e. The Labute approximate surface area is 135 Å². The van der Waals surface area contributed by atoms with Crippen LogP contribution in [0.5, 0.6) is 11.5 Å². The van der Waals surface area contributed by atoms with E-state index >= 15 is 0 Å². The van der Waals surface area contributed by atoms with E-state index in [0.29, 0.717) is 35.9 Å². The summed E-state index contributed by atoms with van der Waals surface area (Å²) in [6.45, 7) is 0. The van der Waals surface area contributed by atoms with Gasteiger partial charge in [0.1, 0.15) is 0 Å². The van der Waals surface area contributed by atoms with Gasteiger partial charge in [-0.05, 0) is 31.6 Å². The third-order valence-electron chi connectivity index (χ3n) is 4.79. The highest BCUT2D eigenvalue weighted by Gasteiger charge is 2.34. The maximum Gasteiger partial charge on any atom is 0.224 e. The zero-order valence-corrected chi connectivity index (χ0v) is 13.5. The molecule has 2 saturated heterocycles. The van der Waals surface area contributed by atoms with Gasteiger partial charge < -0.3 is 20.1 Å². The third-order valence-corrected chi connectivity index (χ3v) is 4.79. The number of methoxy groups -OCH3 is 2. The molecular formula is C17H23FN2O3. The number of fused-ring (bicyclic) bond motifs is 2. The van der Waals surface area contributed by atoms with Gasteiger partial charge in [-0.25, -0.2) is 4.39 Å². The van der Waals surface area contributed by atoms with Crippen LogP contribution < -0.4 is 20.1 Å². The Balaban J connectivity index is 1.63. The van der Waals surface area contributed by atoms with E-state index in [0.717, 1.165) is 12.8 Å². The Hall–Kier alpha value is -1.82. The van der Waals surface area contributed by atoms with Gasteiger partial charge in [0.15, 0.2) is 17.3 Å². The van der Waals surface area contributed by atoms with E-state index in [9.17, 15) is 9.18 Å². The van der Waals surface area contributed by atoms with Gasteiger partial charge in [0, 0.05) is 30.6 Å². The number of ether oxygens (including phenoxy) is 2. The second-order valence-corrected chi connectivity index (χ2v) is 6.41. The molecule has 5 nitrogen and oxygen atoms in total. The summed E-state index contributed by atoms with van der Waals surface area (Å²) >= 11 is 0. The lowest BCUT2D eigenvalue weighted by Gasteiger charge is -2.28. The lowest BCUT2D eigenvalue weighted by atomic mass is 9.89. The van der Waals surface area contributed by atoms with Gasteiger partial charge in [0.05, 0.1) is 19.9 Å². The number of rotatable bonds is 5. The quantitative estimate of drug-likeness (QED) is 0.875. The summed E-state index contributed by atoms with van der Waals surface area (Å²) in [7, 11) is 2.92. The SMILES string of the molecule is COc1cc(F)c(NC(=O)CC2CC3CCC(C2)N3)cc1OC. The van der Waals surface area contributed by atoms with Gasteiger partial charge in [-0.3, -0.25) is 4.79 Å². The second-order valence-electron chi connectivity index (χ2n) is 6.41. The predicted molar refractivity (Wildman–Crippen MR) is 85.4 cm³/mol. The van der Waals surface area contributed by atoms with Crippen LogP contribution >= 0.6 is 0 Å². The average Bonchev–Trinajstić information content (AvgIpc) is 2.87. The fraction of sp³-hybridized carbons (Fsp3) is 0.588. The molecule has 1 aromatic rings. The Kier molecular flexibility index (Phi) is 4.71. The van der Waals surface area contributed by atoms with Crippen LogP contribution in [-0.4, -0.2) is 32.2 Å². The van der Waals surface area contributed by atoms with Crippen molar-refractivity contribution in [2.75, 3.05) is 19.5 Å². The van der Waals surface area contributed by atoms with Crippen LogP contribution in [0.25, 0.3) is 0 Å². The first-order valence-electron chi connectivity index (χ1n) is 8.06. The summed E-state index contributed by atoms with van der Waals surface area (Å²) in [6.07, 6.45) is 4.89. The van der Waals surface area contributed by atoms with Crippen LogP contribution in [0, 0.1) is 11.7 Å². The first-order chi connectivity index (χ1) is 11.1. The molecular weight excluding hydrogens is 299 g/mol. The molecule has 2 unspecified atom stereocenters. The van der Waals surface area contributed by atoms with E-state index in [-0.39, 0.29) is 11.6 Å². The van der Waals surface area contributed by atoms with Crippen molar-refractivity contribution in [1.29, 1.82) is 0 Å². The highest BCUT2D eigenvalue weighted by Crippen LogP contribution is 2.34. The number of carbonyl (C=O) groups excluding carboxylic acids is 1. The summed E-state index contributed by atoms with van der Waals surface area (Å²) in [5.41, 5.74) is 0.129. The van der Waals surface area contributed by atoms with Crippen molar-refractivity contribution in [3.8, 4) is 11.5 Å². The molecule has 2 aliphatic rings. The molecule has 2 aliphatic heterocycles. The summed E-state index contributed by atoms with van der Waals surface area (Å²) in [4.78, 5) is 12.3. The molecule has 1 aromatic carbocycles. The molecule has 2 bridgehead atoms. The van der Waals surface area contributed by atoms with Crippen molar-refractivity contribution in [2.24, 2.45) is 5.92 Å². The van der Waals surface area contributed by atoms with Crippen molar-refractivity contribution in [1.82, 2.24) is 5.32 Å². The molecule has 2 atom stereocenters. The van der Waals surface area contributed by atoms with Crippen molar-refractivity contribution < 1.29 is 18.7 Å². The highest BCUT2D eigenvalue weighted by molar-refractivity contribution is 5.91. The molecule has 0 aromatic heterocycles. The van der Waals surface area contributed by atoms with Gasteiger partial charge in [0.2, 0.25) is 5.91 Å². The summed E-state index contributed by atoms with van der Waals surface area (Å²) < 4.78 is 24.3. The van der Waals surface area contributed by atoms with Crippen LogP contribution in [0.15, 0.2) is 12.1 Å². The average molecular weight is 322 g/mol. The van der Waals surface area contributed by atoms with Crippen LogP contribution in [0.3, 0.4) is 0 Å². The van der Waals surface area contributed by atoms with Gasteiger partial charge in [-0.1, -0.05) is 0 Å². The standard InChI is InChI=1S/C17H23FN2O3/c1-22-15-8-13(18)14(9-16(15)23-2)20-17(21)7-10-5-11-3-4-12(6-10)19-11/h8-12,19H,3-7H2,1-2H3,(H,20,21). The lowest BCUT2D eigenvalue weighted by Crippen LogP contribution is -2.39. The third kappa shape index (κ3) is 3.58. The number of halogens is 1. The van der Waals surface area contributed by atoms with Crippen molar-refractivity contribution in [3.05, 3.63) is 17.9 Å². The number of hydrogen-bond acceptors (Lipinski definition) is 4. The molecule has 0 spiro atoms. The molecule has 2 heterocycles. The molecule has 2 fully saturated rings. The number of piperidine rings is 1. The zero-order valence-electron chi connectivity index (χ0n) is 13.5. The number of carbonyl (C=O) groups is 1. The highest BCUT2D eigenvalue weighted by atomic mass is 19.1. The number of anilines is 1. The molecule has 2 N–H and O–H groups in total. The van der Waals surface area contributed by atoms with Crippen LogP contribution in [0.1, 0.15) is 32.1 Å². The second kappa shape index (κ2) is 6.74. The minimum absolute atomic E-state index is 0.129. The summed E-state index contributed by atoms with van der Waals surface area (Å²) in [5.74, 6) is 0.391. The number of amides is 1. The first-order valence-corrected chi connectivity index (χ1v) is 8.06. The smallest absolute Gasteiger partial charge is 0.224 e. The van der Waals surface area contributed by atoms with Crippen molar-refractivity contribution in [2.45, 2.75) is 44.2 Å². The maximum atomic E-state index is 14.1. The summed E-state index contributed by atoms with van der Waals surface area (Å²) in [6, 6.07) is 3.77. The number of benzene rings is 1. The van der Waals surface area contributed by atoms with Gasteiger partial charge in [-0.2, -0.15) is 0 Å². The Morgan fingerprint density at radius 3 is 2.43 bits per heavy atom. The van der Waals surface area contributed by atoms with E-state index in [2.05, 4.69) is 10.6 Å². The van der Waals surface area contributed by atoms with E-state index in [1.165, 1.54) is 39.2 Å². The van der Waals surface area contributed by atoms with E-state index in [1.54, 1.807) is 0 Å². The molecule has 6 heteroatoms. The molecule has 0 radical (unpaired) electrons. The molecule has 3 rings (SSSR count). The van der Waals surface area contributed by atoms with Gasteiger partial charge >= 0.3 is 0 Å². The maximum absolute atomic E-state index is 14.1. The first kappa shape index (κ1) is 16.1. The molecule has 0 saturated carbocycles. The fourth-order valence-electron chi connectivity index (χ4n) is 3.76. The predicted octanol–water partition coefficient (Wildman–Crippen LogP) is 2.70. The van der Waals surface area contributed by atoms with Crippen LogP contribution in [-0.2, 0) is 4.79 Å². The summed E-state index contributed by atoms with van der Waals surface area (Å²) in [5, 5.41) is 6.22. The molecule has 0 aliphatic carbocycles. The monoisotopic (exact) mass is 322 g/mol. The topological polar surface area (TPSA) is 59.6 Å². The Bertz CT molecular complexity index is 581. The van der Waals surface area contributed by atoms with Gasteiger partial charge in [0.25, 0.3) is 0 Å². The van der Waals surface area contributed by atoms with Crippen molar-refractivity contribution in [3.63, 3.8) is 0 Å². The zero-order chi connectivity index (χ0) is 16.4. The van der Waals surface area contributed by atoms with E-state index < -0.39 is 5.82 Å². The molecule has 1 amide bonds. The normalized spacial score (nSPS) is 26.0. The molecule has 126 valence electrons. The van der Waals surface area contributed by atoms with E-state index in [4.69, 9.17) is 9.47 Å². The van der Waals surface area contributed by atoms with E-state index in [1.807, 2.05) is 0 Å².